The van der Waals surface area contributed by atoms with Gasteiger partial charge in [0.1, 0.15) is 5.56 Å². The molecule has 2 aromatic carbocycles. The van der Waals surface area contributed by atoms with Crippen molar-refractivity contribution in [3.63, 3.8) is 0 Å². The molecule has 0 radical (unpaired) electrons. The molecule has 0 spiro atoms. The van der Waals surface area contributed by atoms with Gasteiger partial charge < -0.3 is 0 Å². The Morgan fingerprint density at radius 3 is 2.24 bits per heavy atom. The number of hydrazone groups is 1. The summed E-state index contributed by atoms with van der Waals surface area (Å²) in [5.74, 6) is -0.613. The molecule has 0 aliphatic rings. The molecular formula is C19H21N3O3. The Hall–Kier alpha value is -3.02. The van der Waals surface area contributed by atoms with Gasteiger partial charge in [-0.3, -0.25) is 14.9 Å². The van der Waals surface area contributed by atoms with E-state index in [-0.39, 0.29) is 16.7 Å². The van der Waals surface area contributed by atoms with E-state index in [0.717, 1.165) is 5.56 Å². The number of benzene rings is 2. The first-order valence-electron chi connectivity index (χ1n) is 7.89. The summed E-state index contributed by atoms with van der Waals surface area (Å²) < 4.78 is 0. The summed E-state index contributed by atoms with van der Waals surface area (Å²) in [6.07, 6.45) is 0. The number of nitro groups is 1. The van der Waals surface area contributed by atoms with Crippen LogP contribution in [0.4, 0.5) is 5.69 Å². The van der Waals surface area contributed by atoms with Gasteiger partial charge in [-0.2, -0.15) is 5.10 Å². The smallest absolute Gasteiger partial charge is 0.267 e. The first-order chi connectivity index (χ1) is 11.7. The van der Waals surface area contributed by atoms with Crippen LogP contribution >= 0.6 is 0 Å². The zero-order valence-electron chi connectivity index (χ0n) is 14.7. The molecule has 0 aromatic heterocycles. The number of carbonyl (C=O) groups is 1. The zero-order valence-corrected chi connectivity index (χ0v) is 14.7. The van der Waals surface area contributed by atoms with Crippen molar-refractivity contribution in [2.45, 2.75) is 33.1 Å². The van der Waals surface area contributed by atoms with Crippen molar-refractivity contribution in [2.24, 2.45) is 5.10 Å². The van der Waals surface area contributed by atoms with Crippen LogP contribution in [-0.2, 0) is 5.41 Å². The molecule has 0 bridgehead atoms. The number of amides is 1. The SMILES string of the molecule is C/C(=N\NC(=O)c1ccccc1[N+](=O)[O-])c1ccc(C(C)(C)C)cc1. The molecular weight excluding hydrogens is 318 g/mol. The van der Waals surface area contributed by atoms with Gasteiger partial charge in [0, 0.05) is 6.07 Å². The van der Waals surface area contributed by atoms with Gasteiger partial charge in [-0.25, -0.2) is 5.43 Å². The number of rotatable bonds is 4. The van der Waals surface area contributed by atoms with Crippen LogP contribution in [0, 0.1) is 10.1 Å². The Kier molecular flexibility index (Phi) is 5.32. The molecule has 25 heavy (non-hydrogen) atoms. The molecule has 6 nitrogen and oxygen atoms in total. The average molecular weight is 339 g/mol. The molecule has 1 amide bonds. The summed E-state index contributed by atoms with van der Waals surface area (Å²) in [5, 5.41) is 15.0. The molecule has 0 saturated carbocycles. The fourth-order valence-corrected chi connectivity index (χ4v) is 2.30. The van der Waals surface area contributed by atoms with Crippen LogP contribution < -0.4 is 5.43 Å². The molecule has 0 aliphatic carbocycles. The van der Waals surface area contributed by atoms with E-state index >= 15 is 0 Å². The second-order valence-electron chi connectivity index (χ2n) is 6.74. The zero-order chi connectivity index (χ0) is 18.6. The third-order valence-electron chi connectivity index (χ3n) is 3.84. The fourth-order valence-electron chi connectivity index (χ4n) is 2.30. The number of carbonyl (C=O) groups excluding carboxylic acids is 1. The Labute approximate surface area is 146 Å². The van der Waals surface area contributed by atoms with Crippen molar-refractivity contribution in [3.8, 4) is 0 Å². The molecule has 6 heteroatoms. The van der Waals surface area contributed by atoms with E-state index in [1.807, 2.05) is 24.3 Å². The minimum atomic E-state index is -0.613. The van der Waals surface area contributed by atoms with Crippen molar-refractivity contribution in [2.75, 3.05) is 0 Å². The normalized spacial score (nSPS) is 11.9. The van der Waals surface area contributed by atoms with Gasteiger partial charge in [-0.15, -0.1) is 0 Å². The summed E-state index contributed by atoms with van der Waals surface area (Å²) in [6.45, 7) is 8.17. The standard InChI is InChI=1S/C19H21N3O3/c1-13(14-9-11-15(12-10-14)19(2,3)4)20-21-18(23)16-7-5-6-8-17(16)22(24)25/h5-12H,1-4H3,(H,21,23)/b20-13+. The van der Waals surface area contributed by atoms with E-state index in [9.17, 15) is 14.9 Å². The van der Waals surface area contributed by atoms with E-state index in [4.69, 9.17) is 0 Å². The highest BCUT2D eigenvalue weighted by Crippen LogP contribution is 2.22. The largest absolute Gasteiger partial charge is 0.282 e. The van der Waals surface area contributed by atoms with Gasteiger partial charge >= 0.3 is 0 Å². The van der Waals surface area contributed by atoms with Gasteiger partial charge in [-0.1, -0.05) is 57.2 Å². The Morgan fingerprint density at radius 2 is 1.68 bits per heavy atom. The van der Waals surface area contributed by atoms with Crippen LogP contribution in [0.1, 0.15) is 49.2 Å². The van der Waals surface area contributed by atoms with Gasteiger partial charge in [0.15, 0.2) is 0 Å². The monoisotopic (exact) mass is 339 g/mol. The second kappa shape index (κ2) is 7.25. The number of nitro benzene ring substituents is 1. The van der Waals surface area contributed by atoms with Crippen LogP contribution in [0.25, 0.3) is 0 Å². The maximum absolute atomic E-state index is 12.2. The van der Waals surface area contributed by atoms with Gasteiger partial charge in [-0.05, 0) is 29.5 Å². The highest BCUT2D eigenvalue weighted by atomic mass is 16.6. The number of nitrogens with one attached hydrogen (secondary N) is 1. The molecule has 130 valence electrons. The van der Waals surface area contributed by atoms with E-state index < -0.39 is 10.8 Å². The predicted molar refractivity (Wildman–Crippen MR) is 97.9 cm³/mol. The van der Waals surface area contributed by atoms with Crippen molar-refractivity contribution >= 4 is 17.3 Å². The predicted octanol–water partition coefficient (Wildman–Crippen LogP) is 4.05. The first-order valence-corrected chi connectivity index (χ1v) is 7.89. The van der Waals surface area contributed by atoms with Crippen molar-refractivity contribution in [1.29, 1.82) is 0 Å². The Morgan fingerprint density at radius 1 is 1.08 bits per heavy atom. The summed E-state index contributed by atoms with van der Waals surface area (Å²) in [7, 11) is 0. The van der Waals surface area contributed by atoms with Crippen LogP contribution in [-0.4, -0.2) is 16.5 Å². The second-order valence-corrected chi connectivity index (χ2v) is 6.74. The van der Waals surface area contributed by atoms with Gasteiger partial charge in [0.05, 0.1) is 10.6 Å². The number of hydrogen-bond acceptors (Lipinski definition) is 4. The lowest BCUT2D eigenvalue weighted by atomic mass is 9.86. The van der Waals surface area contributed by atoms with Gasteiger partial charge in [0.25, 0.3) is 11.6 Å². The summed E-state index contributed by atoms with van der Waals surface area (Å²) >= 11 is 0. The van der Waals surface area contributed by atoms with Gasteiger partial charge in [0.2, 0.25) is 0 Å². The first kappa shape index (κ1) is 18.3. The number of hydrogen-bond donors (Lipinski definition) is 1. The van der Waals surface area contributed by atoms with Crippen LogP contribution in [0.2, 0.25) is 0 Å². The van der Waals surface area contributed by atoms with Crippen LogP contribution in [0.5, 0.6) is 0 Å². The highest BCUT2D eigenvalue weighted by molar-refractivity contribution is 6.02. The summed E-state index contributed by atoms with van der Waals surface area (Å²) in [5.41, 5.74) is 4.86. The molecule has 2 aromatic rings. The Balaban J connectivity index is 2.16. The third kappa shape index (κ3) is 4.50. The molecule has 0 unspecified atom stereocenters. The molecule has 1 N–H and O–H groups in total. The Bertz CT molecular complexity index is 819. The van der Waals surface area contributed by atoms with E-state index in [2.05, 4.69) is 31.3 Å². The van der Waals surface area contributed by atoms with E-state index in [1.54, 1.807) is 13.0 Å². The molecule has 0 heterocycles. The lowest BCUT2D eigenvalue weighted by molar-refractivity contribution is -0.385. The van der Waals surface area contributed by atoms with Crippen LogP contribution in [0.3, 0.4) is 0 Å². The highest BCUT2D eigenvalue weighted by Gasteiger charge is 2.19. The van der Waals surface area contributed by atoms with E-state index in [1.165, 1.54) is 23.8 Å². The maximum atomic E-state index is 12.2. The summed E-state index contributed by atoms with van der Waals surface area (Å²) in [4.78, 5) is 22.6. The average Bonchev–Trinajstić information content (AvgIpc) is 2.58. The van der Waals surface area contributed by atoms with Crippen molar-refractivity contribution in [1.82, 2.24) is 5.43 Å². The minimum Gasteiger partial charge on any atom is -0.267 e. The molecule has 2 rings (SSSR count). The maximum Gasteiger partial charge on any atom is 0.282 e. The molecule has 0 aliphatic heterocycles. The number of nitrogens with zero attached hydrogens (tertiary/aromatic N) is 2. The van der Waals surface area contributed by atoms with E-state index in [0.29, 0.717) is 5.71 Å². The fraction of sp³-hybridized carbons (Fsp3) is 0.263. The lowest BCUT2D eigenvalue weighted by Gasteiger charge is -2.19. The quantitative estimate of drug-likeness (QED) is 0.518. The third-order valence-corrected chi connectivity index (χ3v) is 3.84. The van der Waals surface area contributed by atoms with Crippen molar-refractivity contribution in [3.05, 3.63) is 75.3 Å². The topological polar surface area (TPSA) is 84.6 Å². The molecule has 0 atom stereocenters. The number of para-hydroxylation sites is 1. The molecule has 0 saturated heterocycles. The van der Waals surface area contributed by atoms with Crippen molar-refractivity contribution < 1.29 is 9.72 Å². The lowest BCUT2D eigenvalue weighted by Crippen LogP contribution is -2.20. The summed E-state index contributed by atoms with van der Waals surface area (Å²) in [6, 6.07) is 13.7. The van der Waals surface area contributed by atoms with Crippen LogP contribution in [0.15, 0.2) is 53.6 Å². The molecule has 0 fully saturated rings. The minimum absolute atomic E-state index is 0.0212.